The Morgan fingerprint density at radius 2 is 1.91 bits per heavy atom. The highest BCUT2D eigenvalue weighted by molar-refractivity contribution is 7.99. The van der Waals surface area contributed by atoms with Gasteiger partial charge in [-0.3, -0.25) is 4.79 Å². The molecule has 1 N–H and O–H groups in total. The summed E-state index contributed by atoms with van der Waals surface area (Å²) >= 11 is 1.97. The zero-order valence-electron chi connectivity index (χ0n) is 14.9. The summed E-state index contributed by atoms with van der Waals surface area (Å²) in [5, 5.41) is 3.10. The highest BCUT2D eigenvalue weighted by Gasteiger charge is 2.28. The molecule has 1 amide bonds. The standard InChI is InChI=1S/C18H34N2OS/c1-14(13-18(2,3)22-4)20-11-9-15(10-12-20)5-8-17(21)19-16-6-7-16/h14-16H,5-13H2,1-4H3,(H,19,21)/t14-/m1/s1. The molecule has 1 aliphatic heterocycles. The van der Waals surface area contributed by atoms with E-state index in [1.54, 1.807) is 0 Å². The monoisotopic (exact) mass is 326 g/mol. The average molecular weight is 327 g/mol. The number of piperidine rings is 1. The number of nitrogens with zero attached hydrogens (tertiary/aromatic N) is 1. The molecule has 1 saturated heterocycles. The number of rotatable bonds is 8. The third-order valence-electron chi connectivity index (χ3n) is 5.33. The van der Waals surface area contributed by atoms with Gasteiger partial charge in [-0.2, -0.15) is 11.8 Å². The third kappa shape index (κ3) is 6.11. The van der Waals surface area contributed by atoms with Gasteiger partial charge in [-0.05, 0) is 70.7 Å². The maximum Gasteiger partial charge on any atom is 0.220 e. The number of amides is 1. The molecule has 22 heavy (non-hydrogen) atoms. The summed E-state index contributed by atoms with van der Waals surface area (Å²) in [6.07, 6.45) is 10.2. The van der Waals surface area contributed by atoms with Gasteiger partial charge in [0.1, 0.15) is 0 Å². The van der Waals surface area contributed by atoms with Gasteiger partial charge < -0.3 is 10.2 Å². The lowest BCUT2D eigenvalue weighted by Gasteiger charge is -2.39. The number of nitrogens with one attached hydrogen (secondary N) is 1. The molecule has 1 saturated carbocycles. The summed E-state index contributed by atoms with van der Waals surface area (Å²) < 4.78 is 0.372. The summed E-state index contributed by atoms with van der Waals surface area (Å²) in [7, 11) is 0. The average Bonchev–Trinajstić information content (AvgIpc) is 3.29. The van der Waals surface area contributed by atoms with Gasteiger partial charge >= 0.3 is 0 Å². The van der Waals surface area contributed by atoms with Crippen molar-refractivity contribution in [3.63, 3.8) is 0 Å². The fourth-order valence-electron chi connectivity index (χ4n) is 3.47. The van der Waals surface area contributed by atoms with Crippen LogP contribution in [0.4, 0.5) is 0 Å². The molecule has 0 aromatic rings. The molecule has 0 bridgehead atoms. The first kappa shape index (κ1) is 18.1. The second-order valence-corrected chi connectivity index (χ2v) is 9.39. The molecule has 0 radical (unpaired) electrons. The fourth-order valence-corrected chi connectivity index (χ4v) is 3.88. The van der Waals surface area contributed by atoms with Crippen LogP contribution in [0.25, 0.3) is 0 Å². The number of hydrogen-bond acceptors (Lipinski definition) is 3. The molecule has 2 aliphatic rings. The Morgan fingerprint density at radius 1 is 1.27 bits per heavy atom. The molecule has 1 heterocycles. The Hall–Kier alpha value is -0.220. The predicted molar refractivity (Wildman–Crippen MR) is 96.4 cm³/mol. The van der Waals surface area contributed by atoms with E-state index in [0.29, 0.717) is 16.8 Å². The fraction of sp³-hybridized carbons (Fsp3) is 0.944. The Labute approximate surface area is 141 Å². The summed E-state index contributed by atoms with van der Waals surface area (Å²) in [6, 6.07) is 1.18. The van der Waals surface area contributed by atoms with Crippen LogP contribution in [0.2, 0.25) is 0 Å². The predicted octanol–water partition coefficient (Wildman–Crippen LogP) is 3.68. The first-order chi connectivity index (χ1) is 10.4. The van der Waals surface area contributed by atoms with E-state index < -0.39 is 0 Å². The van der Waals surface area contributed by atoms with Crippen LogP contribution in [0.5, 0.6) is 0 Å². The van der Waals surface area contributed by atoms with Gasteiger partial charge in [0.2, 0.25) is 5.91 Å². The molecular weight excluding hydrogens is 292 g/mol. The van der Waals surface area contributed by atoms with Gasteiger partial charge in [-0.1, -0.05) is 13.8 Å². The van der Waals surface area contributed by atoms with Crippen LogP contribution in [-0.2, 0) is 4.79 Å². The van der Waals surface area contributed by atoms with Crippen LogP contribution >= 0.6 is 11.8 Å². The molecular formula is C18H34N2OS. The maximum atomic E-state index is 11.8. The lowest BCUT2D eigenvalue weighted by atomic mass is 9.90. The zero-order valence-corrected chi connectivity index (χ0v) is 15.7. The molecule has 2 fully saturated rings. The third-order valence-corrected chi connectivity index (χ3v) is 6.61. The van der Waals surface area contributed by atoms with Gasteiger partial charge in [0, 0.05) is 23.3 Å². The molecule has 1 aliphatic carbocycles. The molecule has 0 aromatic carbocycles. The lowest BCUT2D eigenvalue weighted by Crippen LogP contribution is -2.42. The molecule has 0 unspecified atom stereocenters. The Bertz CT molecular complexity index is 360. The van der Waals surface area contributed by atoms with Crippen molar-refractivity contribution in [2.75, 3.05) is 19.3 Å². The van der Waals surface area contributed by atoms with E-state index in [0.717, 1.165) is 18.8 Å². The van der Waals surface area contributed by atoms with Crippen molar-refractivity contribution in [2.24, 2.45) is 5.92 Å². The van der Waals surface area contributed by atoms with E-state index in [4.69, 9.17) is 0 Å². The van der Waals surface area contributed by atoms with Crippen molar-refractivity contribution >= 4 is 17.7 Å². The van der Waals surface area contributed by atoms with Gasteiger partial charge in [0.05, 0.1) is 0 Å². The van der Waals surface area contributed by atoms with E-state index in [9.17, 15) is 4.79 Å². The van der Waals surface area contributed by atoms with Crippen LogP contribution in [0.15, 0.2) is 0 Å². The summed E-state index contributed by atoms with van der Waals surface area (Å²) in [4.78, 5) is 14.4. The number of carbonyl (C=O) groups is 1. The Kier molecular flexibility index (Phi) is 6.63. The number of carbonyl (C=O) groups excluding carboxylic acids is 1. The molecule has 0 aromatic heterocycles. The minimum absolute atomic E-state index is 0.278. The van der Waals surface area contributed by atoms with Crippen molar-refractivity contribution in [1.29, 1.82) is 0 Å². The van der Waals surface area contributed by atoms with Gasteiger partial charge in [0.15, 0.2) is 0 Å². The second kappa shape index (κ2) is 8.05. The SMILES string of the molecule is CSC(C)(C)C[C@@H](C)N1CCC(CCC(=O)NC2CC2)CC1. The largest absolute Gasteiger partial charge is 0.353 e. The van der Waals surface area contributed by atoms with E-state index in [1.807, 2.05) is 11.8 Å². The number of hydrogen-bond donors (Lipinski definition) is 1. The molecule has 2 rings (SSSR count). The van der Waals surface area contributed by atoms with Gasteiger partial charge in [0.25, 0.3) is 0 Å². The lowest BCUT2D eigenvalue weighted by molar-refractivity contribution is -0.121. The first-order valence-electron chi connectivity index (χ1n) is 8.98. The first-order valence-corrected chi connectivity index (χ1v) is 10.2. The molecule has 1 atom stereocenters. The minimum Gasteiger partial charge on any atom is -0.353 e. The Morgan fingerprint density at radius 3 is 2.45 bits per heavy atom. The van der Waals surface area contributed by atoms with E-state index in [2.05, 4.69) is 37.2 Å². The van der Waals surface area contributed by atoms with Crippen LogP contribution < -0.4 is 5.32 Å². The molecule has 3 nitrogen and oxygen atoms in total. The van der Waals surface area contributed by atoms with Crippen molar-refractivity contribution in [1.82, 2.24) is 10.2 Å². The van der Waals surface area contributed by atoms with Crippen LogP contribution in [0, 0.1) is 5.92 Å². The van der Waals surface area contributed by atoms with Gasteiger partial charge in [-0.25, -0.2) is 0 Å². The quantitative estimate of drug-likeness (QED) is 0.738. The van der Waals surface area contributed by atoms with Crippen molar-refractivity contribution in [3.8, 4) is 0 Å². The summed E-state index contributed by atoms with van der Waals surface area (Å²) in [5.41, 5.74) is 0. The van der Waals surface area contributed by atoms with E-state index in [-0.39, 0.29) is 5.91 Å². The topological polar surface area (TPSA) is 32.3 Å². The van der Waals surface area contributed by atoms with Crippen LogP contribution in [0.1, 0.15) is 65.7 Å². The zero-order chi connectivity index (χ0) is 16.2. The summed E-state index contributed by atoms with van der Waals surface area (Å²) in [6.45, 7) is 9.49. The maximum absolute atomic E-state index is 11.8. The number of thioether (sulfide) groups is 1. The highest BCUT2D eigenvalue weighted by atomic mass is 32.2. The van der Waals surface area contributed by atoms with Crippen molar-refractivity contribution in [2.45, 2.75) is 82.5 Å². The molecule has 4 heteroatoms. The number of likely N-dealkylation sites (tertiary alicyclic amines) is 1. The molecule has 0 spiro atoms. The van der Waals surface area contributed by atoms with Gasteiger partial charge in [-0.15, -0.1) is 0 Å². The van der Waals surface area contributed by atoms with Crippen molar-refractivity contribution in [3.05, 3.63) is 0 Å². The van der Waals surface area contributed by atoms with Crippen LogP contribution in [0.3, 0.4) is 0 Å². The normalized spacial score (nSPS) is 22.5. The van der Waals surface area contributed by atoms with Crippen molar-refractivity contribution < 1.29 is 4.79 Å². The second-order valence-electron chi connectivity index (χ2n) is 7.88. The van der Waals surface area contributed by atoms with E-state index >= 15 is 0 Å². The smallest absolute Gasteiger partial charge is 0.220 e. The van der Waals surface area contributed by atoms with E-state index in [1.165, 1.54) is 45.2 Å². The Balaban J connectivity index is 1.63. The van der Waals surface area contributed by atoms with Crippen LogP contribution in [-0.4, -0.2) is 47.0 Å². The molecule has 128 valence electrons. The minimum atomic E-state index is 0.278. The summed E-state index contributed by atoms with van der Waals surface area (Å²) in [5.74, 6) is 1.03. The highest BCUT2D eigenvalue weighted by Crippen LogP contribution is 2.30.